The maximum atomic E-state index is 11.6. The van der Waals surface area contributed by atoms with Crippen molar-refractivity contribution in [1.82, 2.24) is 9.21 Å². The molecule has 0 aromatic heterocycles. The molecule has 2 N–H and O–H groups in total. The molecule has 1 atom stereocenters. The van der Waals surface area contributed by atoms with Gasteiger partial charge in [0.2, 0.25) is 15.9 Å². The van der Waals surface area contributed by atoms with Crippen molar-refractivity contribution in [2.75, 3.05) is 31.9 Å². The smallest absolute Gasteiger partial charge is 0.234 e. The van der Waals surface area contributed by atoms with E-state index in [-0.39, 0.29) is 17.7 Å². The molecule has 0 aromatic rings. The standard InChI is InChI=1S/C9H19N3O3S/c1-3-16(14,15)12-6-4-11(5-7-12)8(2)9(10)13/h8H,3-7H2,1-2H3,(H2,10,13)/t8-/m0/s1. The number of hydrogen-bond donors (Lipinski definition) is 1. The van der Waals surface area contributed by atoms with E-state index in [1.807, 2.05) is 4.90 Å². The number of nitrogens with zero attached hydrogens (tertiary/aromatic N) is 2. The van der Waals surface area contributed by atoms with Crippen molar-refractivity contribution in [2.45, 2.75) is 19.9 Å². The fourth-order valence-corrected chi connectivity index (χ4v) is 2.82. The highest BCUT2D eigenvalue weighted by Crippen LogP contribution is 2.10. The SMILES string of the molecule is CCS(=O)(=O)N1CCN([C@@H](C)C(N)=O)CC1. The van der Waals surface area contributed by atoms with Crippen LogP contribution in [0.15, 0.2) is 0 Å². The Morgan fingerprint density at radius 2 is 1.81 bits per heavy atom. The zero-order valence-corrected chi connectivity index (χ0v) is 10.5. The monoisotopic (exact) mass is 249 g/mol. The number of nitrogens with two attached hydrogens (primary N) is 1. The van der Waals surface area contributed by atoms with Crippen molar-refractivity contribution in [3.8, 4) is 0 Å². The first-order valence-corrected chi connectivity index (χ1v) is 7.00. The minimum Gasteiger partial charge on any atom is -0.368 e. The molecular weight excluding hydrogens is 230 g/mol. The molecule has 1 aliphatic rings. The second-order valence-corrected chi connectivity index (χ2v) is 6.17. The molecule has 1 saturated heterocycles. The van der Waals surface area contributed by atoms with Gasteiger partial charge in [-0.3, -0.25) is 9.69 Å². The lowest BCUT2D eigenvalue weighted by atomic mass is 10.2. The van der Waals surface area contributed by atoms with Gasteiger partial charge >= 0.3 is 0 Å². The fourth-order valence-electron chi connectivity index (χ4n) is 1.73. The number of primary amides is 1. The van der Waals surface area contributed by atoms with Gasteiger partial charge in [-0.1, -0.05) is 0 Å². The number of amides is 1. The first-order valence-electron chi connectivity index (χ1n) is 5.39. The van der Waals surface area contributed by atoms with E-state index >= 15 is 0 Å². The third-order valence-corrected chi connectivity index (χ3v) is 4.87. The Hall–Kier alpha value is -0.660. The molecule has 0 aliphatic carbocycles. The highest BCUT2D eigenvalue weighted by molar-refractivity contribution is 7.89. The van der Waals surface area contributed by atoms with Gasteiger partial charge in [0.1, 0.15) is 0 Å². The van der Waals surface area contributed by atoms with Gasteiger partial charge in [0, 0.05) is 26.2 Å². The van der Waals surface area contributed by atoms with E-state index in [1.165, 1.54) is 4.31 Å². The summed E-state index contributed by atoms with van der Waals surface area (Å²) in [6.07, 6.45) is 0. The molecule has 7 heteroatoms. The summed E-state index contributed by atoms with van der Waals surface area (Å²) in [4.78, 5) is 12.9. The number of carbonyl (C=O) groups excluding carboxylic acids is 1. The molecule has 16 heavy (non-hydrogen) atoms. The minimum atomic E-state index is -3.10. The van der Waals surface area contributed by atoms with Crippen LogP contribution in [0.5, 0.6) is 0 Å². The zero-order chi connectivity index (χ0) is 12.3. The van der Waals surface area contributed by atoms with Gasteiger partial charge in [0.15, 0.2) is 0 Å². The van der Waals surface area contributed by atoms with Crippen LogP contribution in [0.25, 0.3) is 0 Å². The summed E-state index contributed by atoms with van der Waals surface area (Å²) < 4.78 is 24.6. The van der Waals surface area contributed by atoms with Gasteiger partial charge in [-0.05, 0) is 13.8 Å². The summed E-state index contributed by atoms with van der Waals surface area (Å²) in [7, 11) is -3.10. The Morgan fingerprint density at radius 3 is 2.19 bits per heavy atom. The van der Waals surface area contributed by atoms with Crippen LogP contribution in [-0.2, 0) is 14.8 Å². The van der Waals surface area contributed by atoms with Crippen LogP contribution in [-0.4, -0.2) is 61.5 Å². The molecule has 6 nitrogen and oxygen atoms in total. The fraction of sp³-hybridized carbons (Fsp3) is 0.889. The maximum Gasteiger partial charge on any atom is 0.234 e. The molecule has 1 aliphatic heterocycles. The lowest BCUT2D eigenvalue weighted by Gasteiger charge is -2.36. The summed E-state index contributed by atoms with van der Waals surface area (Å²) in [5, 5.41) is 0. The largest absolute Gasteiger partial charge is 0.368 e. The second-order valence-electron chi connectivity index (χ2n) is 3.91. The van der Waals surface area contributed by atoms with E-state index in [4.69, 9.17) is 5.73 Å². The van der Waals surface area contributed by atoms with Crippen LogP contribution in [0, 0.1) is 0 Å². The summed E-state index contributed by atoms with van der Waals surface area (Å²) in [6.45, 7) is 5.37. The van der Waals surface area contributed by atoms with Crippen LogP contribution < -0.4 is 5.73 Å². The van der Waals surface area contributed by atoms with Gasteiger partial charge in [0.25, 0.3) is 0 Å². The number of piperazine rings is 1. The van der Waals surface area contributed by atoms with Crippen LogP contribution in [0.1, 0.15) is 13.8 Å². The van der Waals surface area contributed by atoms with Gasteiger partial charge in [-0.15, -0.1) is 0 Å². The number of carbonyl (C=O) groups is 1. The molecule has 1 heterocycles. The topological polar surface area (TPSA) is 83.7 Å². The molecule has 94 valence electrons. The predicted molar refractivity (Wildman–Crippen MR) is 61.3 cm³/mol. The van der Waals surface area contributed by atoms with E-state index in [0.29, 0.717) is 26.2 Å². The van der Waals surface area contributed by atoms with Crippen LogP contribution in [0.2, 0.25) is 0 Å². The van der Waals surface area contributed by atoms with Crippen molar-refractivity contribution >= 4 is 15.9 Å². The highest BCUT2D eigenvalue weighted by Gasteiger charge is 2.28. The van der Waals surface area contributed by atoms with Crippen molar-refractivity contribution in [2.24, 2.45) is 5.73 Å². The number of rotatable bonds is 4. The Morgan fingerprint density at radius 1 is 1.31 bits per heavy atom. The summed E-state index contributed by atoms with van der Waals surface area (Å²) in [5.41, 5.74) is 5.20. The van der Waals surface area contributed by atoms with Crippen molar-refractivity contribution in [3.63, 3.8) is 0 Å². The molecule has 0 radical (unpaired) electrons. The maximum absolute atomic E-state index is 11.6. The third-order valence-electron chi connectivity index (χ3n) is 2.99. The normalized spacial score (nSPS) is 21.9. The molecule has 1 fully saturated rings. The van der Waals surface area contributed by atoms with Crippen molar-refractivity contribution in [3.05, 3.63) is 0 Å². The summed E-state index contributed by atoms with van der Waals surface area (Å²) in [5.74, 6) is -0.245. The zero-order valence-electron chi connectivity index (χ0n) is 9.72. The van der Waals surface area contributed by atoms with Crippen molar-refractivity contribution < 1.29 is 13.2 Å². The first kappa shape index (κ1) is 13.4. The highest BCUT2D eigenvalue weighted by atomic mass is 32.2. The lowest BCUT2D eigenvalue weighted by Crippen LogP contribution is -2.54. The van der Waals surface area contributed by atoms with E-state index in [2.05, 4.69) is 0 Å². The molecule has 0 saturated carbocycles. The molecule has 0 aromatic carbocycles. The summed E-state index contributed by atoms with van der Waals surface area (Å²) in [6, 6.07) is -0.327. The Kier molecular flexibility index (Phi) is 4.28. The molecule has 0 unspecified atom stereocenters. The molecule has 0 spiro atoms. The van der Waals surface area contributed by atoms with Gasteiger partial charge < -0.3 is 5.73 Å². The van der Waals surface area contributed by atoms with E-state index in [9.17, 15) is 13.2 Å². The Balaban J connectivity index is 2.55. The van der Waals surface area contributed by atoms with E-state index in [0.717, 1.165) is 0 Å². The van der Waals surface area contributed by atoms with Gasteiger partial charge in [0.05, 0.1) is 11.8 Å². The average Bonchev–Trinajstić information content (AvgIpc) is 2.28. The third kappa shape index (κ3) is 2.93. The van der Waals surface area contributed by atoms with Crippen LogP contribution in [0.4, 0.5) is 0 Å². The summed E-state index contributed by atoms with van der Waals surface area (Å²) >= 11 is 0. The minimum absolute atomic E-state index is 0.123. The second kappa shape index (κ2) is 5.11. The van der Waals surface area contributed by atoms with E-state index in [1.54, 1.807) is 13.8 Å². The molecule has 1 rings (SSSR count). The number of sulfonamides is 1. The molecule has 1 amide bonds. The van der Waals surface area contributed by atoms with Crippen LogP contribution >= 0.6 is 0 Å². The Bertz CT molecular complexity index is 347. The van der Waals surface area contributed by atoms with Crippen molar-refractivity contribution in [1.29, 1.82) is 0 Å². The van der Waals surface area contributed by atoms with Gasteiger partial charge in [-0.2, -0.15) is 4.31 Å². The van der Waals surface area contributed by atoms with E-state index < -0.39 is 10.0 Å². The Labute approximate surface area is 96.4 Å². The van der Waals surface area contributed by atoms with Crippen LogP contribution in [0.3, 0.4) is 0 Å². The quantitative estimate of drug-likeness (QED) is 0.680. The van der Waals surface area contributed by atoms with Gasteiger partial charge in [-0.25, -0.2) is 8.42 Å². The molecule has 0 bridgehead atoms. The number of hydrogen-bond acceptors (Lipinski definition) is 4. The first-order chi connectivity index (χ1) is 7.38. The lowest BCUT2D eigenvalue weighted by molar-refractivity contribution is -0.123. The average molecular weight is 249 g/mol. The predicted octanol–water partition coefficient (Wildman–Crippen LogP) is -1.17. The molecular formula is C9H19N3O3S.